The molecule has 5 rings (SSSR count). The molecule has 0 saturated carbocycles. The van der Waals surface area contributed by atoms with Crippen molar-refractivity contribution in [1.29, 1.82) is 0 Å². The lowest BCUT2D eigenvalue weighted by atomic mass is 9.96. The maximum Gasteiger partial charge on any atom is 0.182 e. The zero-order valence-electron chi connectivity index (χ0n) is 19.8. The zero-order valence-corrected chi connectivity index (χ0v) is 21.3. The van der Waals surface area contributed by atoms with Gasteiger partial charge in [0.25, 0.3) is 0 Å². The van der Waals surface area contributed by atoms with Gasteiger partial charge in [-0.25, -0.2) is 0 Å². The first-order chi connectivity index (χ1) is 16.6. The molecule has 1 aromatic carbocycles. The van der Waals surface area contributed by atoms with Crippen molar-refractivity contribution in [2.45, 2.75) is 43.6 Å². The molecule has 0 bridgehead atoms. The molecule has 1 aromatic rings. The van der Waals surface area contributed by atoms with Crippen molar-refractivity contribution in [3.63, 3.8) is 0 Å². The molecule has 1 aliphatic carbocycles. The van der Waals surface area contributed by atoms with Crippen LogP contribution in [0, 0.1) is 0 Å². The first-order valence-electron chi connectivity index (χ1n) is 12.7. The van der Waals surface area contributed by atoms with Gasteiger partial charge in [0.2, 0.25) is 0 Å². The van der Waals surface area contributed by atoms with Gasteiger partial charge in [-0.1, -0.05) is 42.1 Å². The van der Waals surface area contributed by atoms with Crippen LogP contribution in [0.3, 0.4) is 0 Å². The SMILES string of the molecule is Clc1c(OCCN2CCCCC2)ccc2c1NC1=CC(Cl)(OCCN3CCCCC3)C=CC1=C2. The number of ether oxygens (including phenoxy) is 2. The van der Waals surface area contributed by atoms with Crippen LogP contribution in [-0.2, 0) is 4.74 Å². The normalized spacial score (nSPS) is 25.1. The van der Waals surface area contributed by atoms with Gasteiger partial charge in [-0.2, -0.15) is 0 Å². The lowest BCUT2D eigenvalue weighted by Crippen LogP contribution is -2.35. The fourth-order valence-electron chi connectivity index (χ4n) is 5.16. The van der Waals surface area contributed by atoms with Crippen LogP contribution in [0.15, 0.2) is 41.6 Å². The number of nitrogens with zero attached hydrogens (tertiary/aromatic N) is 2. The number of nitrogens with one attached hydrogen (secondary N) is 1. The maximum atomic E-state index is 6.82. The second-order valence-electron chi connectivity index (χ2n) is 9.66. The third-order valence-electron chi connectivity index (χ3n) is 7.14. The number of hydrogen-bond acceptors (Lipinski definition) is 5. The summed E-state index contributed by atoms with van der Waals surface area (Å²) in [5, 5.41) is 3.14. The molecule has 0 radical (unpaired) electrons. The van der Waals surface area contributed by atoms with Crippen LogP contribution in [-0.4, -0.2) is 67.3 Å². The minimum absolute atomic E-state index is 0.600. The topological polar surface area (TPSA) is 37.0 Å². The van der Waals surface area contributed by atoms with Gasteiger partial charge in [0.1, 0.15) is 17.4 Å². The number of allylic oxidation sites excluding steroid dienone is 1. The van der Waals surface area contributed by atoms with E-state index in [1.807, 2.05) is 24.3 Å². The highest BCUT2D eigenvalue weighted by atomic mass is 35.5. The van der Waals surface area contributed by atoms with E-state index in [0.29, 0.717) is 24.0 Å². The number of anilines is 1. The Kier molecular flexibility index (Phi) is 7.87. The predicted molar refractivity (Wildman–Crippen MR) is 141 cm³/mol. The molecule has 2 fully saturated rings. The summed E-state index contributed by atoms with van der Waals surface area (Å²) in [4.78, 5) is 4.92. The predicted octanol–water partition coefficient (Wildman–Crippen LogP) is 5.90. The third-order valence-corrected chi connectivity index (χ3v) is 7.86. The molecule has 7 heteroatoms. The Morgan fingerprint density at radius 2 is 1.59 bits per heavy atom. The van der Waals surface area contributed by atoms with E-state index in [0.717, 1.165) is 48.7 Å². The minimum atomic E-state index is -0.956. The van der Waals surface area contributed by atoms with E-state index < -0.39 is 5.06 Å². The molecule has 1 atom stereocenters. The van der Waals surface area contributed by atoms with Gasteiger partial charge in [-0.15, -0.1) is 0 Å². The van der Waals surface area contributed by atoms with Crippen LogP contribution in [0.25, 0.3) is 6.08 Å². The molecular formula is C27H35Cl2N3O2. The summed E-state index contributed by atoms with van der Waals surface area (Å²) in [6.07, 6.45) is 15.8. The molecule has 0 amide bonds. The van der Waals surface area contributed by atoms with E-state index in [2.05, 4.69) is 27.3 Å². The lowest BCUT2D eigenvalue weighted by molar-refractivity contribution is 0.0597. The quantitative estimate of drug-likeness (QED) is 0.446. The first kappa shape index (κ1) is 24.2. The maximum absolute atomic E-state index is 6.82. The Balaban J connectivity index is 1.21. The van der Waals surface area contributed by atoms with Crippen LogP contribution < -0.4 is 10.1 Å². The Labute approximate surface area is 213 Å². The number of piperidine rings is 2. The molecule has 5 nitrogen and oxygen atoms in total. The molecule has 184 valence electrons. The summed E-state index contributed by atoms with van der Waals surface area (Å²) in [6, 6.07) is 4.02. The second-order valence-corrected chi connectivity index (χ2v) is 10.6. The summed E-state index contributed by atoms with van der Waals surface area (Å²) < 4.78 is 12.2. The van der Waals surface area contributed by atoms with Crippen LogP contribution in [0.1, 0.15) is 44.1 Å². The average molecular weight is 505 g/mol. The number of halogens is 2. The Morgan fingerprint density at radius 3 is 2.29 bits per heavy atom. The molecule has 3 heterocycles. The van der Waals surface area contributed by atoms with Crippen molar-refractivity contribution in [1.82, 2.24) is 9.80 Å². The summed E-state index contributed by atoms with van der Waals surface area (Å²) in [6.45, 7) is 7.72. The highest BCUT2D eigenvalue weighted by Crippen LogP contribution is 2.43. The monoisotopic (exact) mass is 503 g/mol. The molecule has 2 saturated heterocycles. The lowest BCUT2D eigenvalue weighted by Gasteiger charge is -2.31. The number of rotatable bonds is 8. The van der Waals surface area contributed by atoms with Gasteiger partial charge >= 0.3 is 0 Å². The summed E-state index contributed by atoms with van der Waals surface area (Å²) >= 11 is 13.6. The largest absolute Gasteiger partial charge is 0.491 e. The highest BCUT2D eigenvalue weighted by molar-refractivity contribution is 6.35. The molecule has 34 heavy (non-hydrogen) atoms. The third kappa shape index (κ3) is 5.83. The summed E-state index contributed by atoms with van der Waals surface area (Å²) in [5.41, 5.74) is 3.88. The molecule has 0 spiro atoms. The number of hydrogen-bond donors (Lipinski definition) is 1. The molecule has 1 N–H and O–H groups in total. The first-order valence-corrected chi connectivity index (χ1v) is 13.5. The number of alkyl halides is 1. The van der Waals surface area contributed by atoms with Gasteiger partial charge in [0.05, 0.1) is 12.3 Å². The van der Waals surface area contributed by atoms with Crippen LogP contribution in [0.5, 0.6) is 5.75 Å². The highest BCUT2D eigenvalue weighted by Gasteiger charge is 2.30. The van der Waals surface area contributed by atoms with Crippen LogP contribution in [0.4, 0.5) is 5.69 Å². The molecule has 3 aliphatic heterocycles. The minimum Gasteiger partial charge on any atom is -0.491 e. The molecule has 4 aliphatic rings. The van der Waals surface area contributed by atoms with Crippen molar-refractivity contribution >= 4 is 35.0 Å². The van der Waals surface area contributed by atoms with E-state index in [-0.39, 0.29) is 0 Å². The van der Waals surface area contributed by atoms with Gasteiger partial charge in [-0.3, -0.25) is 4.90 Å². The standard InChI is InChI=1S/C27H35Cl2N3O2/c28-25-24(33-17-15-31-11-3-1-4-12-31)8-7-22-19-21-9-10-27(29,20-23(21)30-26(22)25)34-18-16-32-13-5-2-6-14-32/h7-10,19-20,30H,1-6,11-18H2. The number of fused-ring (bicyclic) bond motifs is 2. The van der Waals surface area contributed by atoms with Crippen LogP contribution >= 0.6 is 23.2 Å². The Hall–Kier alpha value is -1.50. The van der Waals surface area contributed by atoms with Crippen molar-refractivity contribution in [2.24, 2.45) is 0 Å². The fraction of sp³-hybridized carbons (Fsp3) is 0.556. The summed E-state index contributed by atoms with van der Waals surface area (Å²) in [5.74, 6) is 0.712. The molecular weight excluding hydrogens is 469 g/mol. The van der Waals surface area contributed by atoms with Gasteiger partial charge in [-0.05, 0) is 87.8 Å². The van der Waals surface area contributed by atoms with Crippen molar-refractivity contribution < 1.29 is 9.47 Å². The zero-order chi connectivity index (χ0) is 23.4. The van der Waals surface area contributed by atoms with Gasteiger partial charge in [0, 0.05) is 24.4 Å². The van der Waals surface area contributed by atoms with Crippen molar-refractivity contribution in [2.75, 3.05) is 57.8 Å². The van der Waals surface area contributed by atoms with E-state index >= 15 is 0 Å². The number of likely N-dealkylation sites (tertiary alicyclic amines) is 2. The second kappa shape index (κ2) is 11.0. The smallest absolute Gasteiger partial charge is 0.182 e. The summed E-state index contributed by atoms with van der Waals surface area (Å²) in [7, 11) is 0. The van der Waals surface area contributed by atoms with Crippen molar-refractivity contribution in [3.05, 3.63) is 52.2 Å². The number of benzene rings is 1. The fourth-order valence-corrected chi connectivity index (χ4v) is 5.68. The molecule has 1 unspecified atom stereocenters. The van der Waals surface area contributed by atoms with Gasteiger partial charge in [0.15, 0.2) is 5.06 Å². The molecule has 0 aromatic heterocycles. The van der Waals surface area contributed by atoms with E-state index in [1.54, 1.807) is 0 Å². The average Bonchev–Trinajstić information content (AvgIpc) is 2.86. The Morgan fingerprint density at radius 1 is 0.912 bits per heavy atom. The van der Waals surface area contributed by atoms with Crippen LogP contribution in [0.2, 0.25) is 5.02 Å². The Bertz CT molecular complexity index is 965. The van der Waals surface area contributed by atoms with E-state index in [1.165, 1.54) is 51.6 Å². The van der Waals surface area contributed by atoms with E-state index in [9.17, 15) is 0 Å². The van der Waals surface area contributed by atoms with Crippen molar-refractivity contribution in [3.8, 4) is 5.75 Å². The van der Waals surface area contributed by atoms with Gasteiger partial charge < -0.3 is 19.7 Å². The van der Waals surface area contributed by atoms with E-state index in [4.69, 9.17) is 32.7 Å².